The van der Waals surface area contributed by atoms with Crippen molar-refractivity contribution in [2.45, 2.75) is 25.4 Å². The number of nitrogens with zero attached hydrogens (tertiary/aromatic N) is 1. The Bertz CT molecular complexity index is 611. The molecule has 3 nitrogen and oxygen atoms in total. The highest BCUT2D eigenvalue weighted by molar-refractivity contribution is 6.16. The van der Waals surface area contributed by atoms with Gasteiger partial charge in [-0.3, -0.25) is 0 Å². The number of benzene rings is 1. The third-order valence-corrected chi connectivity index (χ3v) is 3.00. The van der Waals surface area contributed by atoms with Crippen molar-refractivity contribution in [3.05, 3.63) is 35.6 Å². The van der Waals surface area contributed by atoms with E-state index >= 15 is 0 Å². The summed E-state index contributed by atoms with van der Waals surface area (Å²) in [7, 11) is 0. The number of halogens is 4. The number of aromatic nitrogens is 1. The van der Waals surface area contributed by atoms with Crippen molar-refractivity contribution in [3.8, 4) is 17.0 Å². The third-order valence-electron chi connectivity index (χ3n) is 2.74. The van der Waals surface area contributed by atoms with Gasteiger partial charge in [-0.15, -0.1) is 11.6 Å². The smallest absolute Gasteiger partial charge is 0.417 e. The average Bonchev–Trinajstić information content (AvgIpc) is 2.92. The molecule has 0 saturated heterocycles. The van der Waals surface area contributed by atoms with Gasteiger partial charge in [0.1, 0.15) is 11.4 Å². The summed E-state index contributed by atoms with van der Waals surface area (Å²) in [5.74, 6) is 0.534. The van der Waals surface area contributed by atoms with Crippen molar-refractivity contribution in [3.63, 3.8) is 0 Å². The minimum absolute atomic E-state index is 0.0477. The zero-order chi connectivity index (χ0) is 15.5. The fourth-order valence-corrected chi connectivity index (χ4v) is 1.92. The lowest BCUT2D eigenvalue weighted by molar-refractivity contribution is -0.137. The molecule has 0 radical (unpaired) electrons. The molecule has 0 N–H and O–H groups in total. The van der Waals surface area contributed by atoms with Crippen molar-refractivity contribution in [1.82, 2.24) is 5.16 Å². The zero-order valence-electron chi connectivity index (χ0n) is 11.2. The van der Waals surface area contributed by atoms with Gasteiger partial charge in [-0.05, 0) is 24.6 Å². The maximum atomic E-state index is 13.2. The van der Waals surface area contributed by atoms with Crippen LogP contribution in [0.4, 0.5) is 13.2 Å². The number of alkyl halides is 4. The molecule has 0 aliphatic heterocycles. The minimum Gasteiger partial charge on any atom is -0.494 e. The summed E-state index contributed by atoms with van der Waals surface area (Å²) in [6.07, 6.45) is -3.80. The summed E-state index contributed by atoms with van der Waals surface area (Å²) >= 11 is 5.56. The Hall–Kier alpha value is -1.69. The second-order valence-electron chi connectivity index (χ2n) is 4.37. The summed E-state index contributed by atoms with van der Waals surface area (Å²) in [4.78, 5) is 0. The number of hydrogen-bond donors (Lipinski definition) is 0. The SMILES string of the molecule is CCCOc1ccc(-c2cc(CCl)on2)c(C(F)(F)F)c1. The van der Waals surface area contributed by atoms with E-state index in [-0.39, 0.29) is 22.9 Å². The Balaban J connectivity index is 2.44. The number of rotatable bonds is 5. The van der Waals surface area contributed by atoms with Crippen LogP contribution >= 0.6 is 11.6 Å². The lowest BCUT2D eigenvalue weighted by atomic mass is 10.0. The van der Waals surface area contributed by atoms with Crippen LogP contribution in [-0.4, -0.2) is 11.8 Å². The van der Waals surface area contributed by atoms with Gasteiger partial charge < -0.3 is 9.26 Å². The average molecular weight is 320 g/mol. The summed E-state index contributed by atoms with van der Waals surface area (Å²) in [6, 6.07) is 5.17. The highest BCUT2D eigenvalue weighted by atomic mass is 35.5. The summed E-state index contributed by atoms with van der Waals surface area (Å²) in [5, 5.41) is 3.62. The van der Waals surface area contributed by atoms with Gasteiger partial charge in [0.05, 0.1) is 18.1 Å². The first kappa shape index (κ1) is 15.7. The Morgan fingerprint density at radius 3 is 2.62 bits per heavy atom. The highest BCUT2D eigenvalue weighted by Crippen LogP contribution is 2.39. The van der Waals surface area contributed by atoms with E-state index in [4.69, 9.17) is 20.9 Å². The van der Waals surface area contributed by atoms with Gasteiger partial charge in [0, 0.05) is 11.6 Å². The third kappa shape index (κ3) is 3.69. The first-order valence-electron chi connectivity index (χ1n) is 6.31. The molecule has 0 aliphatic rings. The molecule has 1 heterocycles. The maximum absolute atomic E-state index is 13.2. The van der Waals surface area contributed by atoms with E-state index in [9.17, 15) is 13.2 Å². The molecule has 1 aromatic carbocycles. The molecule has 21 heavy (non-hydrogen) atoms. The van der Waals surface area contributed by atoms with Crippen LogP contribution in [0.3, 0.4) is 0 Å². The van der Waals surface area contributed by atoms with Crippen molar-refractivity contribution in [2.24, 2.45) is 0 Å². The fourth-order valence-electron chi connectivity index (χ4n) is 1.79. The molecule has 114 valence electrons. The minimum atomic E-state index is -4.51. The molecule has 2 aromatic rings. The van der Waals surface area contributed by atoms with E-state index in [2.05, 4.69) is 5.16 Å². The first-order chi connectivity index (χ1) is 9.95. The molecule has 0 saturated carbocycles. The van der Waals surface area contributed by atoms with Crippen LogP contribution in [0.25, 0.3) is 11.3 Å². The van der Waals surface area contributed by atoms with Crippen molar-refractivity contribution in [2.75, 3.05) is 6.61 Å². The molecule has 0 aliphatic carbocycles. The van der Waals surface area contributed by atoms with Crippen LogP contribution in [0.15, 0.2) is 28.8 Å². The summed E-state index contributed by atoms with van der Waals surface area (Å²) in [5.41, 5.74) is -0.781. The molecule has 7 heteroatoms. The number of hydrogen-bond acceptors (Lipinski definition) is 3. The van der Waals surface area contributed by atoms with Crippen LogP contribution in [0.2, 0.25) is 0 Å². The quantitative estimate of drug-likeness (QED) is 0.736. The Labute approximate surface area is 124 Å². The largest absolute Gasteiger partial charge is 0.494 e. The first-order valence-corrected chi connectivity index (χ1v) is 6.85. The van der Waals surface area contributed by atoms with E-state index < -0.39 is 11.7 Å². The highest BCUT2D eigenvalue weighted by Gasteiger charge is 2.35. The van der Waals surface area contributed by atoms with Gasteiger partial charge in [0.15, 0.2) is 5.76 Å². The normalized spacial score (nSPS) is 11.7. The van der Waals surface area contributed by atoms with Gasteiger partial charge in [-0.25, -0.2) is 0 Å². The van der Waals surface area contributed by atoms with E-state index in [1.54, 1.807) is 0 Å². The Morgan fingerprint density at radius 1 is 1.29 bits per heavy atom. The number of ether oxygens (including phenoxy) is 1. The van der Waals surface area contributed by atoms with Crippen molar-refractivity contribution >= 4 is 11.6 Å². The fraction of sp³-hybridized carbons (Fsp3) is 0.357. The molecule has 0 atom stereocenters. The molecular formula is C14H13ClF3NO2. The topological polar surface area (TPSA) is 35.3 Å². The Kier molecular flexibility index (Phi) is 4.77. The van der Waals surface area contributed by atoms with Gasteiger partial charge in [0.25, 0.3) is 0 Å². The lowest BCUT2D eigenvalue weighted by Gasteiger charge is -2.13. The second kappa shape index (κ2) is 6.39. The van der Waals surface area contributed by atoms with Gasteiger partial charge >= 0.3 is 6.18 Å². The van der Waals surface area contributed by atoms with Crippen LogP contribution in [0, 0.1) is 0 Å². The van der Waals surface area contributed by atoms with Gasteiger partial charge in [0.2, 0.25) is 0 Å². The molecule has 0 unspecified atom stereocenters. The van der Waals surface area contributed by atoms with Gasteiger partial charge in [-0.2, -0.15) is 13.2 Å². The maximum Gasteiger partial charge on any atom is 0.417 e. The lowest BCUT2D eigenvalue weighted by Crippen LogP contribution is -2.08. The van der Waals surface area contributed by atoms with Gasteiger partial charge in [-0.1, -0.05) is 12.1 Å². The Morgan fingerprint density at radius 2 is 2.05 bits per heavy atom. The molecule has 0 amide bonds. The van der Waals surface area contributed by atoms with Crippen molar-refractivity contribution < 1.29 is 22.4 Å². The van der Waals surface area contributed by atoms with E-state index in [1.165, 1.54) is 18.2 Å². The van der Waals surface area contributed by atoms with Crippen LogP contribution in [-0.2, 0) is 12.1 Å². The molecule has 0 spiro atoms. The van der Waals surface area contributed by atoms with Crippen LogP contribution < -0.4 is 4.74 Å². The van der Waals surface area contributed by atoms with E-state index in [0.29, 0.717) is 18.8 Å². The van der Waals surface area contributed by atoms with E-state index in [1.807, 2.05) is 6.92 Å². The standard InChI is InChI=1S/C14H13ClF3NO2/c1-2-5-20-9-3-4-11(12(6-9)14(16,17)18)13-7-10(8-15)21-19-13/h3-4,6-7H,2,5,8H2,1H3. The molecule has 1 aromatic heterocycles. The summed E-state index contributed by atoms with van der Waals surface area (Å²) in [6.45, 7) is 2.24. The molecule has 0 fully saturated rings. The predicted molar refractivity (Wildman–Crippen MR) is 72.3 cm³/mol. The van der Waals surface area contributed by atoms with E-state index in [0.717, 1.165) is 6.07 Å². The second-order valence-corrected chi connectivity index (χ2v) is 4.63. The molecular weight excluding hydrogens is 307 g/mol. The predicted octanol–water partition coefficient (Wildman–Crippen LogP) is 4.89. The molecule has 2 rings (SSSR count). The summed E-state index contributed by atoms with van der Waals surface area (Å²) < 4.78 is 49.6. The van der Waals surface area contributed by atoms with Crippen LogP contribution in [0.1, 0.15) is 24.7 Å². The zero-order valence-corrected chi connectivity index (χ0v) is 12.0. The van der Waals surface area contributed by atoms with Crippen LogP contribution in [0.5, 0.6) is 5.75 Å². The monoisotopic (exact) mass is 319 g/mol. The molecule has 0 bridgehead atoms. The van der Waals surface area contributed by atoms with Crippen molar-refractivity contribution in [1.29, 1.82) is 0 Å².